The first-order valence-corrected chi connectivity index (χ1v) is 7.00. The fraction of sp³-hybridized carbons (Fsp3) is 0.600. The topological polar surface area (TPSA) is 41.9 Å². The van der Waals surface area contributed by atoms with Crippen molar-refractivity contribution in [3.63, 3.8) is 0 Å². The normalized spacial score (nSPS) is 18.2. The SMILES string of the molecule is CCC(O)c1ccc(OCCN2CCOCC2)cc1. The Balaban J connectivity index is 1.73. The molecule has 4 nitrogen and oxygen atoms in total. The fourth-order valence-electron chi connectivity index (χ4n) is 2.14. The van der Waals surface area contributed by atoms with Gasteiger partial charge < -0.3 is 14.6 Å². The second-order valence-electron chi connectivity index (χ2n) is 4.80. The summed E-state index contributed by atoms with van der Waals surface area (Å²) in [7, 11) is 0. The highest BCUT2D eigenvalue weighted by atomic mass is 16.5. The van der Waals surface area contributed by atoms with Gasteiger partial charge in [0.1, 0.15) is 12.4 Å². The summed E-state index contributed by atoms with van der Waals surface area (Å²) >= 11 is 0. The van der Waals surface area contributed by atoms with Gasteiger partial charge in [-0.2, -0.15) is 0 Å². The molecule has 0 saturated carbocycles. The monoisotopic (exact) mass is 265 g/mol. The van der Waals surface area contributed by atoms with Crippen molar-refractivity contribution in [3.8, 4) is 5.75 Å². The maximum Gasteiger partial charge on any atom is 0.119 e. The lowest BCUT2D eigenvalue weighted by Crippen LogP contribution is -2.38. The smallest absolute Gasteiger partial charge is 0.119 e. The van der Waals surface area contributed by atoms with Crippen LogP contribution in [0.4, 0.5) is 0 Å². The summed E-state index contributed by atoms with van der Waals surface area (Å²) in [5.74, 6) is 0.861. The number of morpholine rings is 1. The van der Waals surface area contributed by atoms with Gasteiger partial charge in [-0.3, -0.25) is 4.90 Å². The van der Waals surface area contributed by atoms with E-state index in [4.69, 9.17) is 9.47 Å². The van der Waals surface area contributed by atoms with Crippen molar-refractivity contribution in [2.45, 2.75) is 19.4 Å². The van der Waals surface area contributed by atoms with Gasteiger partial charge >= 0.3 is 0 Å². The van der Waals surface area contributed by atoms with Gasteiger partial charge in [0, 0.05) is 19.6 Å². The molecule has 4 heteroatoms. The van der Waals surface area contributed by atoms with Gasteiger partial charge in [0.25, 0.3) is 0 Å². The van der Waals surface area contributed by atoms with Crippen molar-refractivity contribution < 1.29 is 14.6 Å². The molecule has 1 N–H and O–H groups in total. The summed E-state index contributed by atoms with van der Waals surface area (Å²) in [6.45, 7) is 7.22. The Morgan fingerprint density at radius 1 is 1.26 bits per heavy atom. The first-order valence-electron chi connectivity index (χ1n) is 7.00. The molecule has 1 saturated heterocycles. The average Bonchev–Trinajstić information content (AvgIpc) is 2.48. The summed E-state index contributed by atoms with van der Waals surface area (Å²) in [5.41, 5.74) is 0.947. The van der Waals surface area contributed by atoms with E-state index in [0.29, 0.717) is 6.61 Å². The van der Waals surface area contributed by atoms with Crippen LogP contribution in [-0.4, -0.2) is 49.5 Å². The van der Waals surface area contributed by atoms with E-state index in [-0.39, 0.29) is 6.10 Å². The zero-order valence-electron chi connectivity index (χ0n) is 11.5. The number of benzene rings is 1. The molecule has 1 heterocycles. The first kappa shape index (κ1) is 14.3. The third-order valence-electron chi connectivity index (χ3n) is 3.43. The number of rotatable bonds is 6. The second kappa shape index (κ2) is 7.48. The molecule has 1 atom stereocenters. The Bertz CT molecular complexity index is 360. The molecule has 0 spiro atoms. The lowest BCUT2D eigenvalue weighted by atomic mass is 10.1. The largest absolute Gasteiger partial charge is 0.492 e. The summed E-state index contributed by atoms with van der Waals surface area (Å²) in [4.78, 5) is 2.35. The first-order chi connectivity index (χ1) is 9.29. The maximum atomic E-state index is 9.71. The van der Waals surface area contributed by atoms with E-state index in [0.717, 1.165) is 50.6 Å². The van der Waals surface area contributed by atoms with Gasteiger partial charge in [-0.05, 0) is 24.1 Å². The molecule has 0 radical (unpaired) electrons. The number of nitrogens with zero attached hydrogens (tertiary/aromatic N) is 1. The van der Waals surface area contributed by atoms with Crippen LogP contribution in [0.5, 0.6) is 5.75 Å². The minimum Gasteiger partial charge on any atom is -0.492 e. The van der Waals surface area contributed by atoms with E-state index in [1.54, 1.807) is 0 Å². The highest BCUT2D eigenvalue weighted by molar-refractivity contribution is 5.28. The van der Waals surface area contributed by atoms with Crippen LogP contribution in [0, 0.1) is 0 Å². The van der Waals surface area contributed by atoms with E-state index >= 15 is 0 Å². The Hall–Kier alpha value is -1.10. The molecule has 1 aromatic rings. The number of hydrogen-bond donors (Lipinski definition) is 1. The van der Waals surface area contributed by atoms with Crippen molar-refractivity contribution >= 4 is 0 Å². The number of aliphatic hydroxyl groups is 1. The van der Waals surface area contributed by atoms with Gasteiger partial charge in [-0.15, -0.1) is 0 Å². The van der Waals surface area contributed by atoms with Crippen LogP contribution in [0.25, 0.3) is 0 Å². The van der Waals surface area contributed by atoms with Gasteiger partial charge in [-0.25, -0.2) is 0 Å². The lowest BCUT2D eigenvalue weighted by molar-refractivity contribution is 0.0322. The molecule has 2 rings (SSSR count). The predicted molar refractivity (Wildman–Crippen MR) is 74.4 cm³/mol. The van der Waals surface area contributed by atoms with E-state index in [9.17, 15) is 5.11 Å². The second-order valence-corrected chi connectivity index (χ2v) is 4.80. The van der Waals surface area contributed by atoms with Crippen LogP contribution in [0.1, 0.15) is 25.0 Å². The van der Waals surface area contributed by atoms with E-state index < -0.39 is 0 Å². The molecule has 0 amide bonds. The van der Waals surface area contributed by atoms with Crippen LogP contribution in [0.3, 0.4) is 0 Å². The third kappa shape index (κ3) is 4.49. The van der Waals surface area contributed by atoms with Crippen LogP contribution in [0.2, 0.25) is 0 Å². The Morgan fingerprint density at radius 3 is 2.58 bits per heavy atom. The highest BCUT2D eigenvalue weighted by Crippen LogP contribution is 2.19. The quantitative estimate of drug-likeness (QED) is 0.852. The zero-order chi connectivity index (χ0) is 13.5. The van der Waals surface area contributed by atoms with E-state index in [1.807, 2.05) is 31.2 Å². The molecule has 0 aromatic heterocycles. The number of ether oxygens (including phenoxy) is 2. The minimum atomic E-state index is -0.373. The molecular formula is C15H23NO3. The summed E-state index contributed by atoms with van der Waals surface area (Å²) < 4.78 is 11.0. The molecule has 0 bridgehead atoms. The van der Waals surface area contributed by atoms with Gasteiger partial charge in [-0.1, -0.05) is 19.1 Å². The molecule has 1 fully saturated rings. The zero-order valence-corrected chi connectivity index (χ0v) is 11.5. The maximum absolute atomic E-state index is 9.71. The average molecular weight is 265 g/mol. The molecule has 1 aliphatic rings. The molecule has 19 heavy (non-hydrogen) atoms. The van der Waals surface area contributed by atoms with Gasteiger partial charge in [0.15, 0.2) is 0 Å². The Kier molecular flexibility index (Phi) is 5.63. The van der Waals surface area contributed by atoms with Crippen LogP contribution < -0.4 is 4.74 Å². The minimum absolute atomic E-state index is 0.373. The van der Waals surface area contributed by atoms with E-state index in [1.165, 1.54) is 0 Å². The van der Waals surface area contributed by atoms with Gasteiger partial charge in [0.2, 0.25) is 0 Å². The predicted octanol–water partition coefficient (Wildman–Crippen LogP) is 1.84. The van der Waals surface area contributed by atoms with Crippen molar-refractivity contribution in [2.24, 2.45) is 0 Å². The summed E-state index contributed by atoms with van der Waals surface area (Å²) in [6.07, 6.45) is 0.361. The molecule has 0 aliphatic carbocycles. The Labute approximate surface area is 114 Å². The van der Waals surface area contributed by atoms with E-state index in [2.05, 4.69) is 4.90 Å². The number of aliphatic hydroxyl groups excluding tert-OH is 1. The third-order valence-corrected chi connectivity index (χ3v) is 3.43. The Morgan fingerprint density at radius 2 is 1.95 bits per heavy atom. The lowest BCUT2D eigenvalue weighted by Gasteiger charge is -2.26. The van der Waals surface area contributed by atoms with Crippen molar-refractivity contribution in [3.05, 3.63) is 29.8 Å². The van der Waals surface area contributed by atoms with Crippen LogP contribution in [-0.2, 0) is 4.74 Å². The van der Waals surface area contributed by atoms with Crippen molar-refractivity contribution in [1.29, 1.82) is 0 Å². The molecule has 1 unspecified atom stereocenters. The fourth-order valence-corrected chi connectivity index (χ4v) is 2.14. The van der Waals surface area contributed by atoms with Crippen molar-refractivity contribution in [2.75, 3.05) is 39.5 Å². The van der Waals surface area contributed by atoms with Crippen molar-refractivity contribution in [1.82, 2.24) is 4.90 Å². The molecular weight excluding hydrogens is 242 g/mol. The molecule has 106 valence electrons. The van der Waals surface area contributed by atoms with Crippen LogP contribution in [0.15, 0.2) is 24.3 Å². The van der Waals surface area contributed by atoms with Crippen LogP contribution >= 0.6 is 0 Å². The summed E-state index contributed by atoms with van der Waals surface area (Å²) in [5, 5.41) is 9.71. The standard InChI is InChI=1S/C15H23NO3/c1-2-15(17)13-3-5-14(6-4-13)19-12-9-16-7-10-18-11-8-16/h3-6,15,17H,2,7-12H2,1H3. The van der Waals surface area contributed by atoms with Gasteiger partial charge in [0.05, 0.1) is 19.3 Å². The number of hydrogen-bond acceptors (Lipinski definition) is 4. The summed E-state index contributed by atoms with van der Waals surface area (Å²) in [6, 6.07) is 7.71. The molecule has 1 aromatic carbocycles. The highest BCUT2D eigenvalue weighted by Gasteiger charge is 2.10. The molecule has 1 aliphatic heterocycles.